The van der Waals surface area contributed by atoms with Gasteiger partial charge in [0.25, 0.3) is 11.8 Å². The fourth-order valence-corrected chi connectivity index (χ4v) is 4.92. The molecular formula is C19H28N5NaO10S2Si. The Labute approximate surface area is 246 Å². The van der Waals surface area contributed by atoms with Gasteiger partial charge in [0.1, 0.15) is 11.7 Å². The van der Waals surface area contributed by atoms with Gasteiger partial charge in [0, 0.05) is 13.5 Å². The molecule has 1 aromatic heterocycles. The third-order valence-electron chi connectivity index (χ3n) is 4.94. The normalized spacial score (nSPS) is 18.1. The van der Waals surface area contributed by atoms with Gasteiger partial charge in [-0.2, -0.15) is 0 Å². The van der Waals surface area contributed by atoms with Gasteiger partial charge in [-0.25, -0.2) is 27.3 Å². The second-order valence-corrected chi connectivity index (χ2v) is 17.3. The first-order valence-electron chi connectivity index (χ1n) is 10.7. The minimum atomic E-state index is -5.36. The van der Waals surface area contributed by atoms with Crippen LogP contribution in [0.5, 0.6) is 0 Å². The molecule has 1 aromatic rings. The summed E-state index contributed by atoms with van der Waals surface area (Å²) < 4.78 is 43.6. The van der Waals surface area contributed by atoms with E-state index in [4.69, 9.17) is 15.3 Å². The molecular weight excluding hydrogens is 573 g/mol. The second kappa shape index (κ2) is 12.8. The van der Waals surface area contributed by atoms with E-state index in [0.717, 1.165) is 24.5 Å². The number of oxime groups is 1. The number of carbonyl (C=O) groups excluding carboxylic acids is 4. The summed E-state index contributed by atoms with van der Waals surface area (Å²) in [5.41, 5.74) is 3.35. The molecule has 0 spiro atoms. The Kier molecular flexibility index (Phi) is 11.5. The van der Waals surface area contributed by atoms with Crippen molar-refractivity contribution in [3.63, 3.8) is 0 Å². The molecule has 0 aromatic carbocycles. The van der Waals surface area contributed by atoms with E-state index in [2.05, 4.69) is 39.8 Å². The number of thiazole rings is 1. The van der Waals surface area contributed by atoms with Crippen molar-refractivity contribution in [1.29, 1.82) is 0 Å². The first kappa shape index (κ1) is 33.9. The minimum absolute atomic E-state index is 0. The minimum Gasteiger partial charge on any atom is -0.731 e. The molecule has 19 heteroatoms. The van der Waals surface area contributed by atoms with Crippen molar-refractivity contribution < 1.29 is 76.0 Å². The summed E-state index contributed by atoms with van der Waals surface area (Å²) in [5.74, 6) is -4.49. The van der Waals surface area contributed by atoms with E-state index in [1.807, 2.05) is 0 Å². The van der Waals surface area contributed by atoms with Gasteiger partial charge in [-0.15, -0.1) is 11.3 Å². The number of nitrogen functional groups attached to an aromatic ring is 1. The molecule has 206 valence electrons. The van der Waals surface area contributed by atoms with Gasteiger partial charge in [0.05, 0.1) is 13.7 Å². The van der Waals surface area contributed by atoms with Crippen molar-refractivity contribution in [3.05, 3.63) is 11.1 Å². The molecule has 2 heterocycles. The number of hydrogen-bond acceptors (Lipinski definition) is 14. The fraction of sp³-hybridized carbons (Fsp3) is 0.579. The van der Waals surface area contributed by atoms with Crippen LogP contribution in [0.25, 0.3) is 0 Å². The van der Waals surface area contributed by atoms with Crippen LogP contribution in [-0.4, -0.2) is 91.2 Å². The average molecular weight is 602 g/mol. The van der Waals surface area contributed by atoms with Gasteiger partial charge < -0.3 is 29.9 Å². The number of carbonyl (C=O) groups is 4. The molecule has 1 aliphatic heterocycles. The number of nitrogens with two attached hydrogens (primary N) is 1. The Morgan fingerprint density at radius 2 is 1.92 bits per heavy atom. The molecule has 1 aliphatic rings. The first-order valence-corrected chi connectivity index (χ1v) is 16.7. The van der Waals surface area contributed by atoms with E-state index in [-0.39, 0.29) is 51.3 Å². The molecule has 2 amide bonds. The van der Waals surface area contributed by atoms with Crippen molar-refractivity contribution >= 4 is 64.3 Å². The Morgan fingerprint density at radius 3 is 2.39 bits per heavy atom. The SMILES string of the molecule is COC(=O)[C@H]1[C@@H](NC(=O)C(=NOC(C)(C)C(=O)OCC[Si](C)(C)C)c2csc(N)n2)C(=O)N1S(=O)(=O)[O-].[Na+]. The van der Waals surface area contributed by atoms with E-state index >= 15 is 0 Å². The van der Waals surface area contributed by atoms with Gasteiger partial charge in [-0.1, -0.05) is 24.8 Å². The number of anilines is 1. The molecule has 15 nitrogen and oxygen atoms in total. The number of β-lactam (4-membered cyclic amide) rings is 1. The van der Waals surface area contributed by atoms with Gasteiger partial charge >= 0.3 is 41.5 Å². The monoisotopic (exact) mass is 601 g/mol. The number of methoxy groups -OCH3 is 1. The van der Waals surface area contributed by atoms with E-state index in [9.17, 15) is 32.1 Å². The van der Waals surface area contributed by atoms with E-state index < -0.39 is 65.5 Å². The smallest absolute Gasteiger partial charge is 0.731 e. The second-order valence-electron chi connectivity index (χ2n) is 9.57. The summed E-state index contributed by atoms with van der Waals surface area (Å²) in [6.07, 6.45) is 0. The topological polar surface area (TPSA) is 220 Å². The molecule has 38 heavy (non-hydrogen) atoms. The van der Waals surface area contributed by atoms with Crippen LogP contribution in [-0.2, 0) is 43.8 Å². The fourth-order valence-electron chi connectivity index (χ4n) is 2.84. The maximum Gasteiger partial charge on any atom is 1.00 e. The number of hydrogen-bond donors (Lipinski definition) is 2. The Balaban J connectivity index is 0.00000722. The molecule has 0 saturated carbocycles. The van der Waals surface area contributed by atoms with E-state index in [1.54, 1.807) is 0 Å². The van der Waals surface area contributed by atoms with Crippen LogP contribution in [0, 0.1) is 0 Å². The van der Waals surface area contributed by atoms with Crippen LogP contribution in [0.4, 0.5) is 5.13 Å². The van der Waals surface area contributed by atoms with Gasteiger partial charge in [-0.3, -0.25) is 9.59 Å². The zero-order chi connectivity index (χ0) is 28.3. The quantitative estimate of drug-likeness (QED) is 0.0628. The zero-order valence-corrected chi connectivity index (χ0v) is 26.6. The maximum absolute atomic E-state index is 13.0. The van der Waals surface area contributed by atoms with Crippen molar-refractivity contribution in [3.8, 4) is 0 Å². The van der Waals surface area contributed by atoms with Crippen molar-refractivity contribution in [1.82, 2.24) is 14.6 Å². The van der Waals surface area contributed by atoms with Crippen molar-refractivity contribution in [2.24, 2.45) is 5.16 Å². The molecule has 1 saturated heterocycles. The van der Waals surface area contributed by atoms with Crippen molar-refractivity contribution in [2.45, 2.75) is 57.2 Å². The molecule has 2 atom stereocenters. The van der Waals surface area contributed by atoms with Crippen LogP contribution in [0.3, 0.4) is 0 Å². The predicted octanol–water partition coefficient (Wildman–Crippen LogP) is -3.56. The summed E-state index contributed by atoms with van der Waals surface area (Å²) >= 11 is 0.948. The van der Waals surface area contributed by atoms with Gasteiger partial charge in [0.2, 0.25) is 5.60 Å². The van der Waals surface area contributed by atoms with Crippen LogP contribution >= 0.6 is 11.3 Å². The molecule has 0 aliphatic carbocycles. The molecule has 2 rings (SSSR count). The first-order chi connectivity index (χ1) is 16.9. The number of amides is 2. The number of rotatable bonds is 11. The zero-order valence-electron chi connectivity index (χ0n) is 22.0. The Hall–Kier alpha value is -2.09. The number of nitrogens with zero attached hydrogens (tertiary/aromatic N) is 3. The number of nitrogens with one attached hydrogen (secondary N) is 1. The molecule has 0 bridgehead atoms. The Morgan fingerprint density at radius 1 is 1.32 bits per heavy atom. The van der Waals surface area contributed by atoms with Gasteiger partial charge in [-0.05, 0) is 19.9 Å². The average Bonchev–Trinajstić information content (AvgIpc) is 3.18. The summed E-state index contributed by atoms with van der Waals surface area (Å²) in [7, 11) is -5.92. The summed E-state index contributed by atoms with van der Waals surface area (Å²) in [5, 5.41) is 7.25. The molecule has 0 radical (unpaired) electrons. The number of aromatic nitrogens is 1. The Bertz CT molecular complexity index is 1210. The van der Waals surface area contributed by atoms with Crippen LogP contribution < -0.4 is 40.6 Å². The van der Waals surface area contributed by atoms with Crippen LogP contribution in [0.1, 0.15) is 19.5 Å². The third-order valence-corrected chi connectivity index (χ3v) is 8.21. The largest absolute Gasteiger partial charge is 1.00 e. The maximum atomic E-state index is 13.0. The summed E-state index contributed by atoms with van der Waals surface area (Å²) in [6, 6.07) is -2.97. The third kappa shape index (κ3) is 8.45. The molecule has 0 unspecified atom stereocenters. The molecule has 1 fully saturated rings. The molecule has 3 N–H and O–H groups in total. The van der Waals surface area contributed by atoms with Crippen LogP contribution in [0.2, 0.25) is 25.7 Å². The number of ether oxygens (including phenoxy) is 2. The van der Waals surface area contributed by atoms with Gasteiger partial charge in [0.15, 0.2) is 27.2 Å². The predicted molar refractivity (Wildman–Crippen MR) is 132 cm³/mol. The standard InChI is InChI=1S/C19H29N5O10S2Si.Na/c1-19(2,17(28)33-7-8-37(4,5)6)34-23-11(10-9-35-18(20)21-10)14(25)22-12-13(16(27)32-3)24(15(12)26)36(29,30)31;/h9,12-13H,7-8H2,1-6H3,(H2,20,21)(H,22,25)(H,29,30,31);/q;+1/p-1/t12-,13-;/m1./s1. The van der Waals surface area contributed by atoms with Crippen molar-refractivity contribution in [2.75, 3.05) is 19.5 Å². The van der Waals surface area contributed by atoms with Crippen LogP contribution in [0.15, 0.2) is 10.5 Å². The summed E-state index contributed by atoms with van der Waals surface area (Å²) in [4.78, 5) is 59.1. The van der Waals surface area contributed by atoms with E-state index in [1.165, 1.54) is 19.2 Å². The summed E-state index contributed by atoms with van der Waals surface area (Å²) in [6.45, 7) is 9.23. The van der Waals surface area contributed by atoms with E-state index in [0.29, 0.717) is 0 Å². The number of esters is 2.